The predicted octanol–water partition coefficient (Wildman–Crippen LogP) is 3.20. The lowest BCUT2D eigenvalue weighted by atomic mass is 9.87. The van der Waals surface area contributed by atoms with E-state index in [0.717, 1.165) is 19.3 Å². The van der Waals surface area contributed by atoms with Crippen LogP contribution in [0.15, 0.2) is 0 Å². The molecule has 84 valence electrons. The Morgan fingerprint density at radius 3 is 2.29 bits per heavy atom. The smallest absolute Gasteiger partial charge is 0.162 e. The van der Waals surface area contributed by atoms with Gasteiger partial charge in [0.25, 0.3) is 0 Å². The SMILES string of the molecule is CCCCC(OC)C(=O)CC(C)(C)C. The van der Waals surface area contributed by atoms with Crippen molar-refractivity contribution in [1.82, 2.24) is 0 Å². The summed E-state index contributed by atoms with van der Waals surface area (Å²) in [5.74, 6) is 0.244. The highest BCUT2D eigenvalue weighted by atomic mass is 16.5. The number of rotatable bonds is 6. The Morgan fingerprint density at radius 1 is 1.36 bits per heavy atom. The van der Waals surface area contributed by atoms with E-state index < -0.39 is 0 Å². The Bertz CT molecular complexity index is 168. The van der Waals surface area contributed by atoms with Gasteiger partial charge in [0, 0.05) is 13.5 Å². The van der Waals surface area contributed by atoms with Gasteiger partial charge >= 0.3 is 0 Å². The minimum Gasteiger partial charge on any atom is -0.374 e. The minimum atomic E-state index is -0.186. The molecule has 0 aromatic rings. The van der Waals surface area contributed by atoms with Gasteiger partial charge < -0.3 is 4.74 Å². The van der Waals surface area contributed by atoms with Crippen molar-refractivity contribution in [2.45, 2.75) is 59.5 Å². The first-order valence-corrected chi connectivity index (χ1v) is 5.46. The molecule has 14 heavy (non-hydrogen) atoms. The van der Waals surface area contributed by atoms with Crippen LogP contribution in [0.1, 0.15) is 53.4 Å². The molecule has 0 bridgehead atoms. The first kappa shape index (κ1) is 13.6. The molecule has 0 spiro atoms. The van der Waals surface area contributed by atoms with Crippen LogP contribution < -0.4 is 0 Å². The maximum absolute atomic E-state index is 11.8. The van der Waals surface area contributed by atoms with E-state index in [-0.39, 0.29) is 17.3 Å². The topological polar surface area (TPSA) is 26.3 Å². The number of ether oxygens (including phenoxy) is 1. The van der Waals surface area contributed by atoms with Gasteiger partial charge in [-0.1, -0.05) is 40.5 Å². The number of Topliss-reactive ketones (excluding diaryl/α,β-unsaturated/α-hetero) is 1. The van der Waals surface area contributed by atoms with Crippen LogP contribution in [-0.4, -0.2) is 19.0 Å². The summed E-state index contributed by atoms with van der Waals surface area (Å²) in [6.07, 6.45) is 3.46. The molecule has 0 radical (unpaired) electrons. The Kier molecular flexibility index (Phi) is 6.01. The molecule has 0 amide bonds. The van der Waals surface area contributed by atoms with Crippen molar-refractivity contribution < 1.29 is 9.53 Å². The molecule has 0 aliphatic rings. The van der Waals surface area contributed by atoms with Crippen LogP contribution in [0.4, 0.5) is 0 Å². The zero-order valence-electron chi connectivity index (χ0n) is 10.2. The molecule has 0 saturated heterocycles. The summed E-state index contributed by atoms with van der Waals surface area (Å²) < 4.78 is 5.21. The lowest BCUT2D eigenvalue weighted by Gasteiger charge is -2.21. The van der Waals surface area contributed by atoms with Gasteiger partial charge in [-0.3, -0.25) is 4.79 Å². The van der Waals surface area contributed by atoms with E-state index in [1.54, 1.807) is 7.11 Å². The average Bonchev–Trinajstić information content (AvgIpc) is 2.02. The largest absolute Gasteiger partial charge is 0.374 e. The van der Waals surface area contributed by atoms with E-state index in [1.807, 2.05) is 0 Å². The number of hydrogen-bond acceptors (Lipinski definition) is 2. The number of carbonyl (C=O) groups excluding carboxylic acids is 1. The third-order valence-electron chi connectivity index (χ3n) is 2.17. The van der Waals surface area contributed by atoms with Crippen LogP contribution in [0.25, 0.3) is 0 Å². The fourth-order valence-corrected chi connectivity index (χ4v) is 1.44. The van der Waals surface area contributed by atoms with E-state index in [9.17, 15) is 4.79 Å². The maximum Gasteiger partial charge on any atom is 0.162 e. The molecule has 0 aromatic heterocycles. The van der Waals surface area contributed by atoms with Crippen LogP contribution in [0.3, 0.4) is 0 Å². The van der Waals surface area contributed by atoms with E-state index in [0.29, 0.717) is 6.42 Å². The fourth-order valence-electron chi connectivity index (χ4n) is 1.44. The molecule has 0 saturated carbocycles. The maximum atomic E-state index is 11.8. The van der Waals surface area contributed by atoms with Gasteiger partial charge in [0.05, 0.1) is 0 Å². The predicted molar refractivity (Wildman–Crippen MR) is 59.4 cm³/mol. The second kappa shape index (κ2) is 6.18. The molecule has 0 N–H and O–H groups in total. The molecule has 0 aliphatic heterocycles. The van der Waals surface area contributed by atoms with Crippen molar-refractivity contribution in [3.05, 3.63) is 0 Å². The number of hydrogen-bond donors (Lipinski definition) is 0. The van der Waals surface area contributed by atoms with Gasteiger partial charge in [-0.2, -0.15) is 0 Å². The second-order valence-electron chi connectivity index (χ2n) is 5.07. The molecular weight excluding hydrogens is 176 g/mol. The van der Waals surface area contributed by atoms with Crippen molar-refractivity contribution in [1.29, 1.82) is 0 Å². The Hall–Kier alpha value is -0.370. The van der Waals surface area contributed by atoms with Crippen LogP contribution in [0.2, 0.25) is 0 Å². The van der Waals surface area contributed by atoms with Gasteiger partial charge in [0.2, 0.25) is 0 Å². The first-order chi connectivity index (χ1) is 6.40. The van der Waals surface area contributed by atoms with Gasteiger partial charge in [-0.05, 0) is 11.8 Å². The van der Waals surface area contributed by atoms with Crippen LogP contribution in [0, 0.1) is 5.41 Å². The summed E-state index contributed by atoms with van der Waals surface area (Å²) in [5.41, 5.74) is 0.0695. The molecule has 1 atom stereocenters. The van der Waals surface area contributed by atoms with Gasteiger partial charge in [0.1, 0.15) is 6.10 Å². The van der Waals surface area contributed by atoms with E-state index >= 15 is 0 Å². The molecule has 0 aromatic carbocycles. The third kappa shape index (κ3) is 6.14. The summed E-state index contributed by atoms with van der Waals surface area (Å²) in [5, 5.41) is 0. The standard InChI is InChI=1S/C12H24O2/c1-6-7-8-11(14-5)10(13)9-12(2,3)4/h11H,6-9H2,1-5H3. The normalized spacial score (nSPS) is 14.1. The highest BCUT2D eigenvalue weighted by Gasteiger charge is 2.22. The Labute approximate surface area is 88.0 Å². The minimum absolute atomic E-state index is 0.0695. The Morgan fingerprint density at radius 2 is 1.93 bits per heavy atom. The van der Waals surface area contributed by atoms with E-state index in [1.165, 1.54) is 0 Å². The molecule has 2 nitrogen and oxygen atoms in total. The number of ketones is 1. The number of methoxy groups -OCH3 is 1. The van der Waals surface area contributed by atoms with Crippen LogP contribution >= 0.6 is 0 Å². The molecular formula is C12H24O2. The summed E-state index contributed by atoms with van der Waals surface area (Å²) in [6, 6.07) is 0. The lowest BCUT2D eigenvalue weighted by Crippen LogP contribution is -2.27. The third-order valence-corrected chi connectivity index (χ3v) is 2.17. The Balaban J connectivity index is 4.04. The van der Waals surface area contributed by atoms with Crippen LogP contribution in [-0.2, 0) is 9.53 Å². The van der Waals surface area contributed by atoms with Crippen molar-refractivity contribution in [2.24, 2.45) is 5.41 Å². The van der Waals surface area contributed by atoms with Crippen molar-refractivity contribution in [2.75, 3.05) is 7.11 Å². The quantitative estimate of drug-likeness (QED) is 0.658. The van der Waals surface area contributed by atoms with Crippen LogP contribution in [0.5, 0.6) is 0 Å². The zero-order chi connectivity index (χ0) is 11.2. The molecule has 0 rings (SSSR count). The highest BCUT2D eigenvalue weighted by Crippen LogP contribution is 2.21. The monoisotopic (exact) mass is 200 g/mol. The average molecular weight is 200 g/mol. The van der Waals surface area contributed by atoms with Gasteiger partial charge in [-0.15, -0.1) is 0 Å². The van der Waals surface area contributed by atoms with Crippen molar-refractivity contribution in [3.63, 3.8) is 0 Å². The summed E-state index contributed by atoms with van der Waals surface area (Å²) in [7, 11) is 1.63. The number of unbranched alkanes of at least 4 members (excludes halogenated alkanes) is 1. The molecule has 0 aliphatic carbocycles. The fraction of sp³-hybridized carbons (Fsp3) is 0.917. The summed E-state index contributed by atoms with van der Waals surface area (Å²) in [6.45, 7) is 8.37. The summed E-state index contributed by atoms with van der Waals surface area (Å²) >= 11 is 0. The lowest BCUT2D eigenvalue weighted by molar-refractivity contribution is -0.131. The molecule has 0 heterocycles. The molecule has 1 unspecified atom stereocenters. The van der Waals surface area contributed by atoms with E-state index in [2.05, 4.69) is 27.7 Å². The second-order valence-corrected chi connectivity index (χ2v) is 5.07. The van der Waals surface area contributed by atoms with E-state index in [4.69, 9.17) is 4.74 Å². The first-order valence-electron chi connectivity index (χ1n) is 5.46. The van der Waals surface area contributed by atoms with Gasteiger partial charge in [-0.25, -0.2) is 0 Å². The highest BCUT2D eigenvalue weighted by molar-refractivity contribution is 5.83. The zero-order valence-corrected chi connectivity index (χ0v) is 10.2. The summed E-state index contributed by atoms with van der Waals surface area (Å²) in [4.78, 5) is 11.8. The molecule has 2 heteroatoms. The van der Waals surface area contributed by atoms with Gasteiger partial charge in [0.15, 0.2) is 5.78 Å². The molecule has 0 fully saturated rings. The number of carbonyl (C=O) groups is 1. The van der Waals surface area contributed by atoms with Crippen molar-refractivity contribution in [3.8, 4) is 0 Å². The van der Waals surface area contributed by atoms with Crippen molar-refractivity contribution >= 4 is 5.78 Å².